The third kappa shape index (κ3) is 4.46. The zero-order valence-electron chi connectivity index (χ0n) is 15.9. The number of benzene rings is 2. The molecule has 0 radical (unpaired) electrons. The number of nitrogens with one attached hydrogen (secondary N) is 1. The van der Waals surface area contributed by atoms with Crippen LogP contribution in [0.5, 0.6) is 5.75 Å². The predicted molar refractivity (Wildman–Crippen MR) is 104 cm³/mol. The summed E-state index contributed by atoms with van der Waals surface area (Å²) in [6.45, 7) is 3.32. The van der Waals surface area contributed by atoms with Crippen molar-refractivity contribution in [3.63, 3.8) is 0 Å². The third-order valence-electron chi connectivity index (χ3n) is 4.29. The van der Waals surface area contributed by atoms with Crippen LogP contribution in [0.25, 0.3) is 0 Å². The zero-order valence-corrected chi connectivity index (χ0v) is 16.7. The molecule has 150 valence electrons. The van der Waals surface area contributed by atoms with Gasteiger partial charge in [0.1, 0.15) is 10.6 Å². The van der Waals surface area contributed by atoms with Crippen molar-refractivity contribution >= 4 is 27.3 Å². The molecule has 0 aromatic heterocycles. The van der Waals surface area contributed by atoms with Crippen LogP contribution >= 0.6 is 0 Å². The van der Waals surface area contributed by atoms with Crippen LogP contribution < -0.4 is 10.1 Å². The van der Waals surface area contributed by atoms with E-state index >= 15 is 0 Å². The highest BCUT2D eigenvalue weighted by molar-refractivity contribution is 7.89. The Balaban J connectivity index is 2.23. The molecule has 0 heterocycles. The van der Waals surface area contributed by atoms with Crippen molar-refractivity contribution in [2.75, 3.05) is 26.0 Å². The standard InChI is InChI=1S/C18H21N3O6S/c1-12-6-5-7-15(13(12)2)19-18(22)11-20(3)28(25,26)17-9-8-14(21(23)24)10-16(17)27-4/h5-10H,11H2,1-4H3,(H,19,22). The first-order valence-corrected chi connectivity index (χ1v) is 9.66. The summed E-state index contributed by atoms with van der Waals surface area (Å²) >= 11 is 0. The Morgan fingerprint density at radius 1 is 1.25 bits per heavy atom. The van der Waals surface area contributed by atoms with Gasteiger partial charge in [0.05, 0.1) is 24.6 Å². The largest absolute Gasteiger partial charge is 0.495 e. The minimum Gasteiger partial charge on any atom is -0.495 e. The Morgan fingerprint density at radius 2 is 1.93 bits per heavy atom. The SMILES string of the molecule is COc1cc([N+](=O)[O-])ccc1S(=O)(=O)N(C)CC(=O)Nc1cccc(C)c1C. The van der Waals surface area contributed by atoms with Gasteiger partial charge in [0.15, 0.2) is 0 Å². The minimum absolute atomic E-state index is 0.170. The number of likely N-dealkylation sites (N-methyl/N-ethyl adjacent to an activating group) is 1. The number of nitrogens with zero attached hydrogens (tertiary/aromatic N) is 2. The first-order chi connectivity index (χ1) is 13.1. The number of non-ortho nitro benzene ring substituents is 1. The molecule has 2 rings (SSSR count). The second-order valence-electron chi connectivity index (χ2n) is 6.15. The maximum absolute atomic E-state index is 12.8. The van der Waals surface area contributed by atoms with Gasteiger partial charge >= 0.3 is 0 Å². The summed E-state index contributed by atoms with van der Waals surface area (Å²) in [4.78, 5) is 22.3. The van der Waals surface area contributed by atoms with E-state index in [4.69, 9.17) is 4.74 Å². The molecule has 28 heavy (non-hydrogen) atoms. The van der Waals surface area contributed by atoms with E-state index in [9.17, 15) is 23.3 Å². The fourth-order valence-electron chi connectivity index (χ4n) is 2.51. The highest BCUT2D eigenvalue weighted by Gasteiger charge is 2.28. The molecule has 2 aromatic rings. The van der Waals surface area contributed by atoms with Gasteiger partial charge in [-0.25, -0.2) is 8.42 Å². The molecule has 0 aliphatic carbocycles. The molecule has 0 fully saturated rings. The number of carbonyl (C=O) groups excluding carboxylic acids is 1. The van der Waals surface area contributed by atoms with Gasteiger partial charge in [-0.1, -0.05) is 12.1 Å². The van der Waals surface area contributed by atoms with E-state index < -0.39 is 27.4 Å². The van der Waals surface area contributed by atoms with E-state index in [0.29, 0.717) is 5.69 Å². The van der Waals surface area contributed by atoms with E-state index in [1.165, 1.54) is 14.2 Å². The van der Waals surface area contributed by atoms with Gasteiger partial charge in [-0.05, 0) is 37.1 Å². The van der Waals surface area contributed by atoms with E-state index in [0.717, 1.165) is 33.6 Å². The minimum atomic E-state index is -4.10. The van der Waals surface area contributed by atoms with E-state index in [-0.39, 0.29) is 16.3 Å². The van der Waals surface area contributed by atoms with Crippen molar-refractivity contribution in [3.05, 3.63) is 57.6 Å². The summed E-state index contributed by atoms with van der Waals surface area (Å²) in [6.07, 6.45) is 0. The number of ether oxygens (including phenoxy) is 1. The summed E-state index contributed by atoms with van der Waals surface area (Å²) in [7, 11) is -1.64. The Labute approximate surface area is 163 Å². The maximum atomic E-state index is 12.8. The lowest BCUT2D eigenvalue weighted by Gasteiger charge is -2.19. The van der Waals surface area contributed by atoms with E-state index in [1.807, 2.05) is 19.9 Å². The molecule has 1 amide bonds. The van der Waals surface area contributed by atoms with Gasteiger partial charge in [0.25, 0.3) is 5.69 Å². The van der Waals surface area contributed by atoms with Gasteiger partial charge < -0.3 is 10.1 Å². The first-order valence-electron chi connectivity index (χ1n) is 8.22. The van der Waals surface area contributed by atoms with Crippen LogP contribution in [0.3, 0.4) is 0 Å². The number of aryl methyl sites for hydroxylation is 1. The number of hydrogen-bond donors (Lipinski definition) is 1. The number of carbonyl (C=O) groups is 1. The Morgan fingerprint density at radius 3 is 2.54 bits per heavy atom. The Hall–Kier alpha value is -2.98. The van der Waals surface area contributed by atoms with Crippen LogP contribution in [-0.2, 0) is 14.8 Å². The molecule has 0 unspecified atom stereocenters. The van der Waals surface area contributed by atoms with Crippen LogP contribution in [0.1, 0.15) is 11.1 Å². The molecule has 0 atom stereocenters. The number of methoxy groups -OCH3 is 1. The van der Waals surface area contributed by atoms with Gasteiger partial charge in [0.2, 0.25) is 15.9 Å². The lowest BCUT2D eigenvalue weighted by molar-refractivity contribution is -0.385. The molecular weight excluding hydrogens is 386 g/mol. The number of sulfonamides is 1. The monoisotopic (exact) mass is 407 g/mol. The van der Waals surface area contributed by atoms with E-state index in [1.54, 1.807) is 12.1 Å². The maximum Gasteiger partial charge on any atom is 0.273 e. The zero-order chi connectivity index (χ0) is 21.1. The number of amides is 1. The Kier molecular flexibility index (Phi) is 6.37. The lowest BCUT2D eigenvalue weighted by Crippen LogP contribution is -2.35. The summed E-state index contributed by atoms with van der Waals surface area (Å²) in [5, 5.41) is 13.6. The highest BCUT2D eigenvalue weighted by atomic mass is 32.2. The topological polar surface area (TPSA) is 119 Å². The van der Waals surface area contributed by atoms with Gasteiger partial charge in [0, 0.05) is 18.8 Å². The number of nitro groups is 1. The van der Waals surface area contributed by atoms with Crippen molar-refractivity contribution in [3.8, 4) is 5.75 Å². The molecule has 0 saturated carbocycles. The number of anilines is 1. The summed E-state index contributed by atoms with van der Waals surface area (Å²) in [5.41, 5.74) is 2.18. The predicted octanol–water partition coefficient (Wildman–Crippen LogP) is 2.48. The van der Waals surface area contributed by atoms with Gasteiger partial charge in [-0.2, -0.15) is 4.31 Å². The molecule has 0 aliphatic heterocycles. The fourth-order valence-corrected chi connectivity index (χ4v) is 3.77. The van der Waals surface area contributed by atoms with Gasteiger partial charge in [-0.3, -0.25) is 14.9 Å². The molecular formula is C18H21N3O6S. The molecule has 0 aliphatic rings. The van der Waals surface area contributed by atoms with Crippen molar-refractivity contribution in [2.24, 2.45) is 0 Å². The summed E-state index contributed by atoms with van der Waals surface area (Å²) in [6, 6.07) is 8.61. The van der Waals surface area contributed by atoms with Crippen LogP contribution in [0.2, 0.25) is 0 Å². The number of rotatable bonds is 7. The van der Waals surface area contributed by atoms with Gasteiger partial charge in [-0.15, -0.1) is 0 Å². The molecule has 9 nitrogen and oxygen atoms in total. The van der Waals surface area contributed by atoms with Crippen molar-refractivity contribution in [2.45, 2.75) is 18.7 Å². The molecule has 0 spiro atoms. The fraction of sp³-hybridized carbons (Fsp3) is 0.278. The number of nitro benzene ring substituents is 1. The van der Waals surface area contributed by atoms with Crippen LogP contribution in [-0.4, -0.2) is 44.3 Å². The average molecular weight is 407 g/mol. The van der Waals surface area contributed by atoms with Crippen molar-refractivity contribution in [1.29, 1.82) is 0 Å². The summed E-state index contributed by atoms with van der Waals surface area (Å²) < 4.78 is 31.4. The van der Waals surface area contributed by atoms with Crippen LogP contribution in [0, 0.1) is 24.0 Å². The highest BCUT2D eigenvalue weighted by Crippen LogP contribution is 2.30. The average Bonchev–Trinajstić information content (AvgIpc) is 2.64. The summed E-state index contributed by atoms with van der Waals surface area (Å²) in [5.74, 6) is -0.684. The first kappa shape index (κ1) is 21.3. The smallest absolute Gasteiger partial charge is 0.273 e. The molecule has 0 saturated heterocycles. The number of hydrogen-bond acceptors (Lipinski definition) is 6. The Bertz CT molecular complexity index is 1020. The molecule has 2 aromatic carbocycles. The molecule has 1 N–H and O–H groups in total. The normalized spacial score (nSPS) is 11.3. The van der Waals surface area contributed by atoms with Crippen LogP contribution in [0.15, 0.2) is 41.3 Å². The van der Waals surface area contributed by atoms with Crippen molar-refractivity contribution < 1.29 is 22.9 Å². The molecule has 0 bridgehead atoms. The van der Waals surface area contributed by atoms with E-state index in [2.05, 4.69) is 5.32 Å². The second-order valence-corrected chi connectivity index (χ2v) is 8.16. The molecule has 10 heteroatoms. The third-order valence-corrected chi connectivity index (χ3v) is 6.13. The van der Waals surface area contributed by atoms with Crippen molar-refractivity contribution in [1.82, 2.24) is 4.31 Å². The second kappa shape index (κ2) is 8.36. The quantitative estimate of drug-likeness (QED) is 0.556. The van der Waals surface area contributed by atoms with Crippen LogP contribution in [0.4, 0.5) is 11.4 Å². The lowest BCUT2D eigenvalue weighted by atomic mass is 10.1.